The van der Waals surface area contributed by atoms with E-state index >= 15 is 0 Å². The Bertz CT molecular complexity index is 324. The smallest absolute Gasteiger partial charge is 0.237 e. The van der Waals surface area contributed by atoms with E-state index in [1.807, 2.05) is 32.0 Å². The Balaban J connectivity index is 2.35. The van der Waals surface area contributed by atoms with Crippen LogP contribution in [0, 0.1) is 5.92 Å². The number of aromatic nitrogens is 1. The van der Waals surface area contributed by atoms with Crippen molar-refractivity contribution in [3.63, 3.8) is 0 Å². The molecule has 1 atom stereocenters. The summed E-state index contributed by atoms with van der Waals surface area (Å²) in [7, 11) is 0. The fourth-order valence-corrected chi connectivity index (χ4v) is 1.43. The average Bonchev–Trinajstić information content (AvgIpc) is 2.26. The lowest BCUT2D eigenvalue weighted by atomic mass is 10.0. The number of hydrogen-bond acceptors (Lipinski definition) is 3. The maximum absolute atomic E-state index is 11.6. The van der Waals surface area contributed by atoms with Crippen LogP contribution >= 0.6 is 0 Å². The van der Waals surface area contributed by atoms with E-state index in [0.717, 1.165) is 5.69 Å². The standard InChI is InChI=1S/C12H19N3O/c1-9(2)7-11(13)12(16)15-8-10-5-3-4-6-14-10/h3-6,9,11H,7-8,13H2,1-2H3,(H,15,16)/t11-/m1/s1. The first-order chi connectivity index (χ1) is 7.59. The summed E-state index contributed by atoms with van der Waals surface area (Å²) in [5.74, 6) is 0.315. The van der Waals surface area contributed by atoms with Gasteiger partial charge in [-0.05, 0) is 24.5 Å². The Hall–Kier alpha value is -1.42. The average molecular weight is 221 g/mol. The Kier molecular flexibility index (Phi) is 4.92. The first-order valence-electron chi connectivity index (χ1n) is 5.52. The highest BCUT2D eigenvalue weighted by Crippen LogP contribution is 2.02. The second-order valence-electron chi connectivity index (χ2n) is 4.27. The van der Waals surface area contributed by atoms with Crippen molar-refractivity contribution < 1.29 is 4.79 Å². The van der Waals surface area contributed by atoms with Crippen molar-refractivity contribution in [1.29, 1.82) is 0 Å². The predicted octanol–water partition coefficient (Wildman–Crippen LogP) is 1.07. The molecule has 4 nitrogen and oxygen atoms in total. The minimum atomic E-state index is -0.427. The van der Waals surface area contributed by atoms with Crippen molar-refractivity contribution in [1.82, 2.24) is 10.3 Å². The molecule has 0 saturated carbocycles. The van der Waals surface area contributed by atoms with E-state index in [0.29, 0.717) is 18.9 Å². The number of nitrogens with two attached hydrogens (primary N) is 1. The van der Waals surface area contributed by atoms with E-state index in [1.54, 1.807) is 6.20 Å². The van der Waals surface area contributed by atoms with Gasteiger partial charge in [-0.1, -0.05) is 19.9 Å². The summed E-state index contributed by atoms with van der Waals surface area (Å²) in [6.07, 6.45) is 2.41. The molecule has 0 aliphatic carbocycles. The molecule has 88 valence electrons. The van der Waals surface area contributed by atoms with Gasteiger partial charge in [-0.15, -0.1) is 0 Å². The van der Waals surface area contributed by atoms with Gasteiger partial charge in [0.2, 0.25) is 5.91 Å². The van der Waals surface area contributed by atoms with Crippen LogP contribution in [0.15, 0.2) is 24.4 Å². The summed E-state index contributed by atoms with van der Waals surface area (Å²) >= 11 is 0. The monoisotopic (exact) mass is 221 g/mol. The van der Waals surface area contributed by atoms with Gasteiger partial charge < -0.3 is 11.1 Å². The van der Waals surface area contributed by atoms with Gasteiger partial charge in [0.15, 0.2) is 0 Å². The zero-order valence-corrected chi connectivity index (χ0v) is 9.81. The van der Waals surface area contributed by atoms with Gasteiger partial charge in [-0.2, -0.15) is 0 Å². The summed E-state index contributed by atoms with van der Waals surface area (Å²) in [6.45, 7) is 4.53. The lowest BCUT2D eigenvalue weighted by molar-refractivity contribution is -0.122. The third-order valence-corrected chi connectivity index (χ3v) is 2.23. The molecule has 0 fully saturated rings. The Morgan fingerprint density at radius 2 is 2.25 bits per heavy atom. The molecular formula is C12H19N3O. The molecule has 0 spiro atoms. The highest BCUT2D eigenvalue weighted by atomic mass is 16.2. The lowest BCUT2D eigenvalue weighted by Crippen LogP contribution is -2.41. The molecule has 0 unspecified atom stereocenters. The van der Waals surface area contributed by atoms with Gasteiger partial charge in [-0.25, -0.2) is 0 Å². The van der Waals surface area contributed by atoms with Gasteiger partial charge in [-0.3, -0.25) is 9.78 Å². The van der Waals surface area contributed by atoms with Crippen LogP contribution in [0.1, 0.15) is 26.0 Å². The van der Waals surface area contributed by atoms with E-state index in [9.17, 15) is 4.79 Å². The van der Waals surface area contributed by atoms with Crippen LogP contribution in [-0.4, -0.2) is 16.9 Å². The molecule has 0 aromatic carbocycles. The number of rotatable bonds is 5. The first-order valence-corrected chi connectivity index (χ1v) is 5.52. The third kappa shape index (κ3) is 4.40. The number of pyridine rings is 1. The van der Waals surface area contributed by atoms with Crippen LogP contribution in [0.4, 0.5) is 0 Å². The SMILES string of the molecule is CC(C)C[C@@H](N)C(=O)NCc1ccccn1. The summed E-state index contributed by atoms with van der Waals surface area (Å²) in [5.41, 5.74) is 6.59. The molecule has 1 aromatic rings. The molecule has 4 heteroatoms. The summed E-state index contributed by atoms with van der Waals surface area (Å²) in [6, 6.07) is 5.18. The maximum Gasteiger partial charge on any atom is 0.237 e. The summed E-state index contributed by atoms with van der Waals surface area (Å²) in [5, 5.41) is 2.78. The van der Waals surface area contributed by atoms with Crippen molar-refractivity contribution in [2.45, 2.75) is 32.9 Å². The first kappa shape index (κ1) is 12.6. The maximum atomic E-state index is 11.6. The van der Waals surface area contributed by atoms with Crippen LogP contribution in [0.5, 0.6) is 0 Å². The van der Waals surface area contributed by atoms with E-state index in [-0.39, 0.29) is 5.91 Å². The molecule has 0 aliphatic rings. The molecule has 1 heterocycles. The Morgan fingerprint density at radius 3 is 2.81 bits per heavy atom. The van der Waals surface area contributed by atoms with Gasteiger partial charge >= 0.3 is 0 Å². The molecule has 0 bridgehead atoms. The number of nitrogens with one attached hydrogen (secondary N) is 1. The quantitative estimate of drug-likeness (QED) is 0.781. The number of hydrogen-bond donors (Lipinski definition) is 2. The molecular weight excluding hydrogens is 202 g/mol. The second kappa shape index (κ2) is 6.23. The van der Waals surface area contributed by atoms with Crippen LogP contribution in [0.2, 0.25) is 0 Å². The van der Waals surface area contributed by atoms with Crippen LogP contribution in [0.3, 0.4) is 0 Å². The van der Waals surface area contributed by atoms with Crippen molar-refractivity contribution in [2.75, 3.05) is 0 Å². The number of nitrogens with zero attached hydrogens (tertiary/aromatic N) is 1. The molecule has 3 N–H and O–H groups in total. The predicted molar refractivity (Wildman–Crippen MR) is 63.5 cm³/mol. The number of carbonyl (C=O) groups excluding carboxylic acids is 1. The molecule has 1 rings (SSSR count). The van der Waals surface area contributed by atoms with E-state index in [1.165, 1.54) is 0 Å². The fraction of sp³-hybridized carbons (Fsp3) is 0.500. The van der Waals surface area contributed by atoms with Gasteiger partial charge in [0, 0.05) is 6.20 Å². The fourth-order valence-electron chi connectivity index (χ4n) is 1.43. The van der Waals surface area contributed by atoms with Crippen molar-refractivity contribution in [3.8, 4) is 0 Å². The molecule has 1 amide bonds. The van der Waals surface area contributed by atoms with Gasteiger partial charge in [0.25, 0.3) is 0 Å². The minimum Gasteiger partial charge on any atom is -0.349 e. The van der Waals surface area contributed by atoms with E-state index in [4.69, 9.17) is 5.73 Å². The number of amides is 1. The van der Waals surface area contributed by atoms with Gasteiger partial charge in [0.1, 0.15) is 0 Å². The van der Waals surface area contributed by atoms with Crippen LogP contribution in [-0.2, 0) is 11.3 Å². The Morgan fingerprint density at radius 1 is 1.50 bits per heavy atom. The normalized spacial score (nSPS) is 12.5. The van der Waals surface area contributed by atoms with Gasteiger partial charge in [0.05, 0.1) is 18.3 Å². The van der Waals surface area contributed by atoms with Crippen molar-refractivity contribution in [3.05, 3.63) is 30.1 Å². The zero-order chi connectivity index (χ0) is 12.0. The molecule has 16 heavy (non-hydrogen) atoms. The van der Waals surface area contributed by atoms with Crippen molar-refractivity contribution >= 4 is 5.91 Å². The topological polar surface area (TPSA) is 68.0 Å². The lowest BCUT2D eigenvalue weighted by Gasteiger charge is -2.13. The Labute approximate surface area is 96.3 Å². The molecule has 0 radical (unpaired) electrons. The van der Waals surface area contributed by atoms with Crippen LogP contribution in [0.25, 0.3) is 0 Å². The highest BCUT2D eigenvalue weighted by Gasteiger charge is 2.14. The van der Waals surface area contributed by atoms with E-state index in [2.05, 4.69) is 10.3 Å². The van der Waals surface area contributed by atoms with E-state index < -0.39 is 6.04 Å². The van der Waals surface area contributed by atoms with Crippen LogP contribution < -0.4 is 11.1 Å². The zero-order valence-electron chi connectivity index (χ0n) is 9.81. The number of carbonyl (C=O) groups is 1. The summed E-state index contributed by atoms with van der Waals surface area (Å²) in [4.78, 5) is 15.7. The van der Waals surface area contributed by atoms with Crippen molar-refractivity contribution in [2.24, 2.45) is 11.7 Å². The molecule has 0 aliphatic heterocycles. The molecule has 1 aromatic heterocycles. The third-order valence-electron chi connectivity index (χ3n) is 2.23. The largest absolute Gasteiger partial charge is 0.349 e. The minimum absolute atomic E-state index is 0.112. The highest BCUT2D eigenvalue weighted by molar-refractivity contribution is 5.81. The molecule has 0 saturated heterocycles. The second-order valence-corrected chi connectivity index (χ2v) is 4.27. The summed E-state index contributed by atoms with van der Waals surface area (Å²) < 4.78 is 0.